The summed E-state index contributed by atoms with van der Waals surface area (Å²) in [5, 5.41) is 2.84. The minimum Gasteiger partial charge on any atom is -0.324 e. The molecule has 0 unspecified atom stereocenters. The van der Waals surface area contributed by atoms with E-state index < -0.39 is 0 Å². The first-order valence-corrected chi connectivity index (χ1v) is 7.76. The summed E-state index contributed by atoms with van der Waals surface area (Å²) in [6.45, 7) is 0.787. The molecular formula is C12H14N2O2S2. The highest BCUT2D eigenvalue weighted by Gasteiger charge is 2.23. The minimum absolute atomic E-state index is 0.0108. The molecule has 2 amide bonds. The number of carbonyl (C=O) groups is 2. The average molecular weight is 282 g/mol. The van der Waals surface area contributed by atoms with Gasteiger partial charge in [0, 0.05) is 17.2 Å². The first-order valence-electron chi connectivity index (χ1n) is 5.55. The van der Waals surface area contributed by atoms with Gasteiger partial charge in [-0.25, -0.2) is 0 Å². The second-order valence-electron chi connectivity index (χ2n) is 3.78. The maximum absolute atomic E-state index is 11.9. The van der Waals surface area contributed by atoms with Crippen molar-refractivity contribution in [2.75, 3.05) is 30.4 Å². The van der Waals surface area contributed by atoms with Gasteiger partial charge in [0.25, 0.3) is 5.24 Å². The maximum Gasteiger partial charge on any atom is 0.282 e. The summed E-state index contributed by atoms with van der Waals surface area (Å²) in [5.74, 6) is 0.625. The lowest BCUT2D eigenvalue weighted by Crippen LogP contribution is -2.33. The monoisotopic (exact) mass is 282 g/mol. The molecule has 0 bridgehead atoms. The van der Waals surface area contributed by atoms with Crippen molar-refractivity contribution in [2.24, 2.45) is 0 Å². The largest absolute Gasteiger partial charge is 0.324 e. The van der Waals surface area contributed by atoms with Gasteiger partial charge in [0.1, 0.15) is 6.54 Å². The first-order chi connectivity index (χ1) is 8.70. The van der Waals surface area contributed by atoms with Crippen molar-refractivity contribution in [3.8, 4) is 0 Å². The van der Waals surface area contributed by atoms with Gasteiger partial charge in [0.15, 0.2) is 0 Å². The molecule has 1 saturated heterocycles. The topological polar surface area (TPSA) is 49.4 Å². The van der Waals surface area contributed by atoms with E-state index in [4.69, 9.17) is 0 Å². The molecule has 18 heavy (non-hydrogen) atoms. The molecule has 1 aromatic carbocycles. The lowest BCUT2D eigenvalue weighted by Gasteiger charge is -2.15. The van der Waals surface area contributed by atoms with Crippen molar-refractivity contribution < 1.29 is 9.59 Å². The van der Waals surface area contributed by atoms with E-state index >= 15 is 0 Å². The highest BCUT2D eigenvalue weighted by atomic mass is 32.2. The number of carbonyl (C=O) groups excluding carboxylic acids is 2. The van der Waals surface area contributed by atoms with E-state index in [2.05, 4.69) is 5.32 Å². The molecule has 96 valence electrons. The molecule has 0 atom stereocenters. The average Bonchev–Trinajstić information content (AvgIpc) is 2.75. The fraction of sp³-hybridized carbons (Fsp3) is 0.333. The molecule has 1 fully saturated rings. The van der Waals surface area contributed by atoms with Crippen molar-refractivity contribution in [2.45, 2.75) is 4.90 Å². The molecular weight excluding hydrogens is 268 g/mol. The van der Waals surface area contributed by atoms with E-state index in [1.54, 1.807) is 16.7 Å². The van der Waals surface area contributed by atoms with Crippen LogP contribution in [0.25, 0.3) is 0 Å². The van der Waals surface area contributed by atoms with Gasteiger partial charge >= 0.3 is 0 Å². The van der Waals surface area contributed by atoms with Crippen molar-refractivity contribution >= 4 is 40.4 Å². The number of thioether (sulfide) groups is 2. The van der Waals surface area contributed by atoms with Gasteiger partial charge in [-0.15, -0.1) is 11.8 Å². The summed E-state index contributed by atoms with van der Waals surface area (Å²) < 4.78 is 0. The Morgan fingerprint density at radius 1 is 1.50 bits per heavy atom. The number of benzene rings is 1. The molecule has 4 nitrogen and oxygen atoms in total. The van der Waals surface area contributed by atoms with Crippen LogP contribution in [0.5, 0.6) is 0 Å². The summed E-state index contributed by atoms with van der Waals surface area (Å²) >= 11 is 2.85. The quantitative estimate of drug-likeness (QED) is 0.862. The summed E-state index contributed by atoms with van der Waals surface area (Å²) in [4.78, 5) is 25.8. The summed E-state index contributed by atoms with van der Waals surface area (Å²) in [6, 6.07) is 7.63. The molecule has 0 aliphatic carbocycles. The second kappa shape index (κ2) is 6.15. The van der Waals surface area contributed by atoms with Gasteiger partial charge in [-0.3, -0.25) is 9.59 Å². The summed E-state index contributed by atoms with van der Waals surface area (Å²) in [5.41, 5.74) is 0.800. The van der Waals surface area contributed by atoms with Gasteiger partial charge in [-0.1, -0.05) is 23.9 Å². The number of nitrogens with zero attached hydrogens (tertiary/aromatic N) is 1. The number of hydrogen-bond donors (Lipinski definition) is 1. The molecule has 0 saturated carbocycles. The number of rotatable bonds is 4. The van der Waals surface area contributed by atoms with Crippen LogP contribution in [-0.4, -0.2) is 41.1 Å². The van der Waals surface area contributed by atoms with E-state index in [0.717, 1.165) is 16.3 Å². The molecule has 0 radical (unpaired) electrons. The van der Waals surface area contributed by atoms with Gasteiger partial charge in [0.05, 0.1) is 5.69 Å². The zero-order valence-electron chi connectivity index (χ0n) is 10.0. The third-order valence-corrected chi connectivity index (χ3v) is 4.25. The maximum atomic E-state index is 11.9. The van der Waals surface area contributed by atoms with E-state index in [1.807, 2.05) is 30.5 Å². The Balaban J connectivity index is 1.96. The number of para-hydroxylation sites is 1. The Morgan fingerprint density at radius 2 is 2.28 bits per heavy atom. The second-order valence-corrected chi connectivity index (χ2v) is 5.68. The lowest BCUT2D eigenvalue weighted by molar-refractivity contribution is -0.116. The molecule has 1 aliphatic heterocycles. The van der Waals surface area contributed by atoms with Crippen LogP contribution in [0, 0.1) is 0 Å². The van der Waals surface area contributed by atoms with Crippen LogP contribution in [0.15, 0.2) is 29.2 Å². The fourth-order valence-corrected chi connectivity index (χ4v) is 3.06. The van der Waals surface area contributed by atoms with E-state index in [0.29, 0.717) is 6.54 Å². The molecule has 1 aliphatic rings. The number of hydrogen-bond acceptors (Lipinski definition) is 4. The van der Waals surface area contributed by atoms with Crippen LogP contribution >= 0.6 is 23.5 Å². The van der Waals surface area contributed by atoms with E-state index in [1.165, 1.54) is 11.8 Å². The molecule has 1 aromatic rings. The van der Waals surface area contributed by atoms with Crippen LogP contribution < -0.4 is 5.32 Å². The van der Waals surface area contributed by atoms with Crippen molar-refractivity contribution in [1.29, 1.82) is 0 Å². The normalized spacial score (nSPS) is 14.9. The third kappa shape index (κ3) is 3.20. The molecule has 0 spiro atoms. The van der Waals surface area contributed by atoms with Crippen LogP contribution in [0.3, 0.4) is 0 Å². The van der Waals surface area contributed by atoms with Crippen LogP contribution in [0.1, 0.15) is 0 Å². The minimum atomic E-state index is -0.146. The molecule has 1 N–H and O–H groups in total. The third-order valence-electron chi connectivity index (χ3n) is 2.56. The van der Waals surface area contributed by atoms with Crippen molar-refractivity contribution in [1.82, 2.24) is 4.90 Å². The SMILES string of the molecule is CSc1ccccc1NC(=O)CN1CCSC1=O. The lowest BCUT2D eigenvalue weighted by atomic mass is 10.3. The van der Waals surface area contributed by atoms with E-state index in [-0.39, 0.29) is 17.7 Å². The zero-order valence-corrected chi connectivity index (χ0v) is 11.6. The number of nitrogens with one attached hydrogen (secondary N) is 1. The first kappa shape index (κ1) is 13.3. The predicted octanol–water partition coefficient (Wildman–Crippen LogP) is 2.52. The summed E-state index contributed by atoms with van der Waals surface area (Å²) in [7, 11) is 0. The molecule has 0 aromatic heterocycles. The van der Waals surface area contributed by atoms with Crippen molar-refractivity contribution in [3.05, 3.63) is 24.3 Å². The smallest absolute Gasteiger partial charge is 0.282 e. The van der Waals surface area contributed by atoms with Gasteiger partial charge in [-0.05, 0) is 18.4 Å². The van der Waals surface area contributed by atoms with Gasteiger partial charge in [-0.2, -0.15) is 0 Å². The Kier molecular flexibility index (Phi) is 4.54. The van der Waals surface area contributed by atoms with Gasteiger partial charge in [0.2, 0.25) is 5.91 Å². The zero-order chi connectivity index (χ0) is 13.0. The summed E-state index contributed by atoms with van der Waals surface area (Å²) in [6.07, 6.45) is 1.96. The van der Waals surface area contributed by atoms with Crippen molar-refractivity contribution in [3.63, 3.8) is 0 Å². The Morgan fingerprint density at radius 3 is 2.94 bits per heavy atom. The highest BCUT2D eigenvalue weighted by molar-refractivity contribution is 8.13. The Bertz CT molecular complexity index is 465. The standard InChI is InChI=1S/C12H14N2O2S2/c1-17-10-5-3-2-4-9(10)13-11(15)8-14-6-7-18-12(14)16/h2-5H,6-8H2,1H3,(H,13,15). The Labute approximate surface area is 114 Å². The molecule has 6 heteroatoms. The number of amides is 2. The Hall–Kier alpha value is -1.14. The number of anilines is 1. The van der Waals surface area contributed by atoms with E-state index in [9.17, 15) is 9.59 Å². The molecule has 2 rings (SSSR count). The predicted molar refractivity (Wildman–Crippen MR) is 76.3 cm³/mol. The van der Waals surface area contributed by atoms with Crippen LogP contribution in [-0.2, 0) is 4.79 Å². The van der Waals surface area contributed by atoms with Crippen LogP contribution in [0.4, 0.5) is 10.5 Å². The fourth-order valence-electron chi connectivity index (χ4n) is 1.68. The van der Waals surface area contributed by atoms with Crippen LogP contribution in [0.2, 0.25) is 0 Å². The highest BCUT2D eigenvalue weighted by Crippen LogP contribution is 2.24. The molecule has 1 heterocycles. The van der Waals surface area contributed by atoms with Gasteiger partial charge < -0.3 is 10.2 Å².